The summed E-state index contributed by atoms with van der Waals surface area (Å²) >= 11 is -0.279. The molecule has 2 N–H and O–H groups in total. The molecule has 0 bridgehead atoms. The van der Waals surface area contributed by atoms with E-state index in [0.717, 1.165) is 11.3 Å². The van der Waals surface area contributed by atoms with Gasteiger partial charge in [0.1, 0.15) is 5.75 Å². The molecule has 0 spiro atoms. The number of halogens is 3. The van der Waals surface area contributed by atoms with Crippen LogP contribution in [0.25, 0.3) is 16.5 Å². The van der Waals surface area contributed by atoms with Gasteiger partial charge in [0, 0.05) is 5.39 Å². The molecule has 0 aliphatic carbocycles. The number of ether oxygens (including phenoxy) is 3. The van der Waals surface area contributed by atoms with Gasteiger partial charge in [0.15, 0.2) is 0 Å². The van der Waals surface area contributed by atoms with Crippen molar-refractivity contribution in [1.82, 2.24) is 0 Å². The molecule has 5 rings (SSSR count). The first-order valence-electron chi connectivity index (χ1n) is 11.6. The van der Waals surface area contributed by atoms with E-state index in [1.54, 1.807) is 43.5 Å². The first-order valence-corrected chi connectivity index (χ1v) is 21.7. The molecule has 39 heavy (non-hydrogen) atoms. The Hall–Kier alpha value is -2.91. The van der Waals surface area contributed by atoms with E-state index in [-0.39, 0.29) is 50.3 Å². The molecule has 0 fully saturated rings. The topological polar surface area (TPSA) is 85.9 Å². The number of hydrogen-bond donors (Lipinski definition) is 2. The van der Waals surface area contributed by atoms with E-state index in [2.05, 4.69) is 20.1 Å². The second-order valence-corrected chi connectivity index (χ2v) is 18.6. The molecule has 1 aliphatic rings. The summed E-state index contributed by atoms with van der Waals surface area (Å²) in [7, 11) is 0.883. The van der Waals surface area contributed by atoms with Crippen molar-refractivity contribution in [2.24, 2.45) is 0 Å². The number of sulfonamides is 1. The van der Waals surface area contributed by atoms with Crippen LogP contribution in [0.4, 0.5) is 15.8 Å². The van der Waals surface area contributed by atoms with Crippen LogP contribution in [0.1, 0.15) is 5.56 Å². The number of benzene rings is 4. The predicted molar refractivity (Wildman–Crippen MR) is 158 cm³/mol. The monoisotopic (exact) mass is 773 g/mol. The molecule has 0 saturated carbocycles. The number of hydrogen-bond acceptors (Lipinski definition) is 6. The third kappa shape index (κ3) is 5.70. The molecule has 0 aromatic heterocycles. The molecule has 7 nitrogen and oxygen atoms in total. The molecule has 0 amide bonds. The van der Waals surface area contributed by atoms with Crippen LogP contribution in [-0.4, -0.2) is 33.7 Å². The van der Waals surface area contributed by atoms with Gasteiger partial charge >= 0.3 is 191 Å². The fraction of sp³-hybridized carbons (Fsp3) is 0.107. The summed E-state index contributed by atoms with van der Waals surface area (Å²) in [5.41, 5.74) is 1.65. The van der Waals surface area contributed by atoms with Crippen molar-refractivity contribution in [1.29, 1.82) is 0 Å². The van der Waals surface area contributed by atoms with E-state index >= 15 is 4.39 Å². The first kappa shape index (κ1) is 27.6. The summed E-state index contributed by atoms with van der Waals surface area (Å²) < 4.78 is 64.6. The SMILES string of the molecule is CNc1cc2c(cc1OC)C(Oc1ccc(NS(=O)(=O)c3ccc(OC)c4ccccc34)c(F)c1)=CC=I[I-]2. The zero-order valence-corrected chi connectivity index (χ0v) is 26.2. The number of rotatable bonds is 8. The minimum atomic E-state index is -4.10. The van der Waals surface area contributed by atoms with Crippen LogP contribution in [-0.2, 0) is 10.0 Å². The number of methoxy groups -OCH3 is 2. The Bertz CT molecular complexity index is 1740. The van der Waals surface area contributed by atoms with Gasteiger partial charge in [-0.25, -0.2) is 0 Å². The molecule has 0 radical (unpaired) electrons. The fourth-order valence-corrected chi connectivity index (χ4v) is 13.1. The van der Waals surface area contributed by atoms with Crippen molar-refractivity contribution in [2.75, 3.05) is 31.3 Å². The Morgan fingerprint density at radius 1 is 0.897 bits per heavy atom. The van der Waals surface area contributed by atoms with E-state index in [4.69, 9.17) is 14.2 Å². The third-order valence-electron chi connectivity index (χ3n) is 5.97. The second kappa shape index (κ2) is 11.7. The van der Waals surface area contributed by atoms with Crippen LogP contribution in [0.3, 0.4) is 0 Å². The summed E-state index contributed by atoms with van der Waals surface area (Å²) in [6.07, 6.45) is 1.93. The minimum absolute atomic E-state index is 0.0240. The van der Waals surface area contributed by atoms with Crippen LogP contribution >= 0.6 is 16.8 Å². The normalized spacial score (nSPS) is 13.2. The van der Waals surface area contributed by atoms with Crippen molar-refractivity contribution in [3.63, 3.8) is 0 Å². The molecular formula is C28H24FI2N2O5S-. The maximum absolute atomic E-state index is 15.2. The third-order valence-corrected chi connectivity index (χ3v) is 15.9. The summed E-state index contributed by atoms with van der Waals surface area (Å²) in [6.45, 7) is 0. The van der Waals surface area contributed by atoms with Gasteiger partial charge in [-0.2, -0.15) is 0 Å². The summed E-state index contributed by atoms with van der Waals surface area (Å²) in [5.74, 6) is 1.34. The average molecular weight is 773 g/mol. The Morgan fingerprint density at radius 2 is 1.67 bits per heavy atom. The van der Waals surface area contributed by atoms with Gasteiger partial charge < -0.3 is 4.74 Å². The summed E-state index contributed by atoms with van der Waals surface area (Å²) in [6, 6.07) is 18.2. The number of anilines is 2. The molecule has 0 unspecified atom stereocenters. The predicted octanol–water partition coefficient (Wildman–Crippen LogP) is 3.22. The Balaban J connectivity index is 1.43. The Labute approximate surface area is 242 Å². The summed E-state index contributed by atoms with van der Waals surface area (Å²) in [4.78, 5) is 0.0240. The molecule has 11 heteroatoms. The number of allylic oxidation sites excluding steroid dienone is 1. The zero-order chi connectivity index (χ0) is 27.6. The molecular weight excluding hydrogens is 749 g/mol. The molecule has 1 heterocycles. The van der Waals surface area contributed by atoms with E-state index in [1.807, 2.05) is 19.2 Å². The zero-order valence-electron chi connectivity index (χ0n) is 21.1. The maximum atomic E-state index is 15.2. The Morgan fingerprint density at radius 3 is 2.38 bits per heavy atom. The second-order valence-electron chi connectivity index (χ2n) is 8.25. The van der Waals surface area contributed by atoms with Gasteiger partial charge in [-0.05, 0) is 6.07 Å². The molecule has 0 saturated heterocycles. The molecule has 0 atom stereocenters. The molecule has 4 aromatic carbocycles. The van der Waals surface area contributed by atoms with Gasteiger partial charge in [-0.15, -0.1) is 0 Å². The van der Waals surface area contributed by atoms with Gasteiger partial charge in [0.05, 0.1) is 7.11 Å². The Kier molecular flexibility index (Phi) is 8.28. The van der Waals surface area contributed by atoms with Crippen molar-refractivity contribution in [3.8, 4) is 17.2 Å². The van der Waals surface area contributed by atoms with Gasteiger partial charge in [0.2, 0.25) is 0 Å². The van der Waals surface area contributed by atoms with Crippen LogP contribution in [0.5, 0.6) is 17.2 Å². The van der Waals surface area contributed by atoms with Crippen LogP contribution in [0.15, 0.2) is 77.7 Å². The standard InChI is InChI=1S/C28H24FI2N2O5S/c1-32-24-16-22-20(15-27(24)37-3)26(12-13-30-31-22)38-17-8-9-23(21(29)14-17)33-39(34,35)28-11-10-25(36-2)18-6-4-5-7-19(18)28/h4-16,32-33H,1-3H3/q-1. The number of nitrogens with one attached hydrogen (secondary N) is 2. The van der Waals surface area contributed by atoms with Crippen LogP contribution in [0.2, 0.25) is 0 Å². The van der Waals surface area contributed by atoms with Crippen molar-refractivity contribution in [2.45, 2.75) is 4.90 Å². The van der Waals surface area contributed by atoms with Crippen molar-refractivity contribution in [3.05, 3.63) is 87.8 Å². The summed E-state index contributed by atoms with van der Waals surface area (Å²) in [5, 5.41) is 4.28. The van der Waals surface area contributed by atoms with Crippen molar-refractivity contribution < 1.29 is 44.2 Å². The van der Waals surface area contributed by atoms with E-state index in [9.17, 15) is 8.42 Å². The van der Waals surface area contributed by atoms with E-state index in [1.165, 1.54) is 28.9 Å². The van der Waals surface area contributed by atoms with Crippen molar-refractivity contribution >= 4 is 58.7 Å². The quantitative estimate of drug-likeness (QED) is 0.268. The molecule has 204 valence electrons. The van der Waals surface area contributed by atoms with Gasteiger partial charge in [-0.3, -0.25) is 0 Å². The van der Waals surface area contributed by atoms with E-state index in [0.29, 0.717) is 28.0 Å². The molecule has 4 aromatic rings. The van der Waals surface area contributed by atoms with Gasteiger partial charge in [0.25, 0.3) is 0 Å². The molecule has 1 aliphatic heterocycles. The van der Waals surface area contributed by atoms with E-state index < -0.39 is 15.8 Å². The first-order chi connectivity index (χ1) is 18.8. The average Bonchev–Trinajstić information content (AvgIpc) is 3.14. The number of fused-ring (bicyclic) bond motifs is 2. The fourth-order valence-electron chi connectivity index (χ4n) is 4.12. The van der Waals surface area contributed by atoms with Crippen LogP contribution in [0, 0.1) is 9.39 Å². The van der Waals surface area contributed by atoms with Gasteiger partial charge in [-0.1, -0.05) is 24.3 Å². The van der Waals surface area contributed by atoms with Crippen LogP contribution < -0.4 is 41.5 Å².